The Morgan fingerprint density at radius 1 is 1.40 bits per heavy atom. The highest BCUT2D eigenvalue weighted by Crippen LogP contribution is 2.22. The van der Waals surface area contributed by atoms with Crippen molar-refractivity contribution in [2.45, 2.75) is 26.7 Å². The second kappa shape index (κ2) is 3.15. The van der Waals surface area contributed by atoms with Crippen molar-refractivity contribution in [3.8, 4) is 0 Å². The average Bonchev–Trinajstić information content (AvgIpc) is 2.30. The normalized spacial score (nSPS) is 24.4. The van der Waals surface area contributed by atoms with E-state index in [2.05, 4.69) is 13.0 Å². The molecule has 56 valence electrons. The van der Waals surface area contributed by atoms with Crippen LogP contribution in [0.25, 0.3) is 0 Å². The van der Waals surface area contributed by atoms with Gasteiger partial charge in [-0.05, 0) is 24.5 Å². The molecule has 0 saturated carbocycles. The summed E-state index contributed by atoms with van der Waals surface area (Å²) in [4.78, 5) is 1.07. The molecule has 0 fully saturated rings. The Hall–Kier alpha value is -0.370. The van der Waals surface area contributed by atoms with Crippen molar-refractivity contribution in [1.29, 1.82) is 0 Å². The summed E-state index contributed by atoms with van der Waals surface area (Å²) in [5, 5.41) is 1.85. The van der Waals surface area contributed by atoms with Crippen molar-refractivity contribution in [2.75, 3.05) is 0 Å². The van der Waals surface area contributed by atoms with Crippen LogP contribution < -0.4 is 0 Å². The molecule has 0 amide bonds. The molecule has 1 aliphatic rings. The predicted octanol–water partition coefficient (Wildman–Crippen LogP) is 2.34. The van der Waals surface area contributed by atoms with Gasteiger partial charge in [0.15, 0.2) is 0 Å². The topological polar surface area (TPSA) is 17.1 Å². The lowest BCUT2D eigenvalue weighted by Crippen LogP contribution is -1.82. The largest absolute Gasteiger partial charge is 0.250 e. The molecule has 1 atom stereocenters. The summed E-state index contributed by atoms with van der Waals surface area (Å²) in [6.45, 7) is 4.12. The van der Waals surface area contributed by atoms with Gasteiger partial charge in [-0.2, -0.15) is 0 Å². The molecule has 1 heterocycles. The van der Waals surface area contributed by atoms with E-state index in [-0.39, 0.29) is 0 Å². The fraction of sp³-hybridized carbons (Fsp3) is 0.500. The van der Waals surface area contributed by atoms with Crippen LogP contribution in [0.2, 0.25) is 0 Å². The molecule has 0 spiro atoms. The van der Waals surface area contributed by atoms with Crippen LogP contribution in [0.15, 0.2) is 22.0 Å². The fourth-order valence-corrected chi connectivity index (χ4v) is 2.15. The summed E-state index contributed by atoms with van der Waals surface area (Å²) in [5.41, 5.74) is 1.22. The Kier molecular flexibility index (Phi) is 2.44. The highest BCUT2D eigenvalue weighted by Gasteiger charge is 2.10. The van der Waals surface area contributed by atoms with Crippen molar-refractivity contribution < 1.29 is 4.21 Å². The minimum absolute atomic E-state index is 0.792. The summed E-state index contributed by atoms with van der Waals surface area (Å²) in [7, 11) is -0.792. The molecule has 2 heteroatoms. The minimum atomic E-state index is -0.792. The van der Waals surface area contributed by atoms with Crippen LogP contribution in [0.5, 0.6) is 0 Å². The molecular formula is C8H12OS. The van der Waals surface area contributed by atoms with Crippen LogP contribution in [-0.4, -0.2) is 4.21 Å². The molecule has 0 aromatic heterocycles. The first-order valence-electron chi connectivity index (χ1n) is 3.59. The summed E-state index contributed by atoms with van der Waals surface area (Å²) in [6, 6.07) is 0. The maximum Gasteiger partial charge on any atom is 0.0737 e. The number of allylic oxidation sites excluding steroid dienone is 3. The van der Waals surface area contributed by atoms with E-state index in [1.54, 1.807) is 0 Å². The Balaban J connectivity index is 2.77. The van der Waals surface area contributed by atoms with Gasteiger partial charge >= 0.3 is 0 Å². The first kappa shape index (κ1) is 7.73. The van der Waals surface area contributed by atoms with Crippen LogP contribution in [0.1, 0.15) is 26.7 Å². The molecule has 0 saturated heterocycles. The van der Waals surface area contributed by atoms with Gasteiger partial charge in [0.25, 0.3) is 0 Å². The Labute approximate surface area is 64.3 Å². The van der Waals surface area contributed by atoms with Crippen LogP contribution in [0.3, 0.4) is 0 Å². The average molecular weight is 156 g/mol. The van der Waals surface area contributed by atoms with Gasteiger partial charge in [0.2, 0.25) is 0 Å². The van der Waals surface area contributed by atoms with Gasteiger partial charge in [0.05, 0.1) is 10.8 Å². The van der Waals surface area contributed by atoms with Crippen LogP contribution in [-0.2, 0) is 10.8 Å². The Bertz CT molecular complexity index is 209. The van der Waals surface area contributed by atoms with E-state index >= 15 is 0 Å². The lowest BCUT2D eigenvalue weighted by atomic mass is 10.2. The third-order valence-corrected chi connectivity index (χ3v) is 3.06. The monoisotopic (exact) mass is 156 g/mol. The van der Waals surface area contributed by atoms with Crippen molar-refractivity contribution in [3.05, 3.63) is 22.0 Å². The van der Waals surface area contributed by atoms with Crippen LogP contribution in [0, 0.1) is 0 Å². The quantitative estimate of drug-likeness (QED) is 0.599. The van der Waals surface area contributed by atoms with Gasteiger partial charge in [-0.1, -0.05) is 13.8 Å². The number of rotatable bonds is 2. The molecule has 0 bridgehead atoms. The van der Waals surface area contributed by atoms with Crippen molar-refractivity contribution >= 4 is 10.8 Å². The van der Waals surface area contributed by atoms with Gasteiger partial charge in [-0.3, -0.25) is 4.21 Å². The molecule has 1 nitrogen and oxygen atoms in total. The lowest BCUT2D eigenvalue weighted by molar-refractivity contribution is 0.691. The van der Waals surface area contributed by atoms with E-state index in [0.717, 1.165) is 17.7 Å². The van der Waals surface area contributed by atoms with Crippen LogP contribution in [0.4, 0.5) is 0 Å². The van der Waals surface area contributed by atoms with E-state index in [4.69, 9.17) is 0 Å². The molecular weight excluding hydrogens is 144 g/mol. The van der Waals surface area contributed by atoms with Crippen molar-refractivity contribution in [3.63, 3.8) is 0 Å². The van der Waals surface area contributed by atoms with E-state index in [1.165, 1.54) is 5.57 Å². The minimum Gasteiger partial charge on any atom is -0.250 e. The van der Waals surface area contributed by atoms with Crippen LogP contribution >= 0.6 is 0 Å². The molecule has 0 aromatic carbocycles. The molecule has 1 rings (SSSR count). The van der Waals surface area contributed by atoms with E-state index in [9.17, 15) is 4.21 Å². The summed E-state index contributed by atoms with van der Waals surface area (Å²) in [6.07, 6.45) is 3.96. The van der Waals surface area contributed by atoms with Gasteiger partial charge in [-0.15, -0.1) is 0 Å². The SMILES string of the molecule is CCC1=CS(=O)C(CC)=C1. The Morgan fingerprint density at radius 3 is 2.40 bits per heavy atom. The first-order valence-corrected chi connectivity index (χ1v) is 4.81. The van der Waals surface area contributed by atoms with E-state index in [1.807, 2.05) is 12.3 Å². The zero-order chi connectivity index (χ0) is 7.56. The summed E-state index contributed by atoms with van der Waals surface area (Å²) in [5.74, 6) is 0. The lowest BCUT2D eigenvalue weighted by Gasteiger charge is -1.90. The first-order chi connectivity index (χ1) is 4.77. The fourth-order valence-electron chi connectivity index (χ4n) is 0.942. The Morgan fingerprint density at radius 2 is 2.10 bits per heavy atom. The maximum atomic E-state index is 11.1. The van der Waals surface area contributed by atoms with Gasteiger partial charge in [0.1, 0.15) is 0 Å². The molecule has 10 heavy (non-hydrogen) atoms. The highest BCUT2D eigenvalue weighted by atomic mass is 32.2. The maximum absolute atomic E-state index is 11.1. The van der Waals surface area contributed by atoms with Crippen molar-refractivity contribution in [1.82, 2.24) is 0 Å². The van der Waals surface area contributed by atoms with Gasteiger partial charge in [-0.25, -0.2) is 0 Å². The smallest absolute Gasteiger partial charge is 0.0737 e. The molecule has 0 radical (unpaired) electrons. The molecule has 0 aromatic rings. The highest BCUT2D eigenvalue weighted by molar-refractivity contribution is 7.92. The predicted molar refractivity (Wildman–Crippen MR) is 44.9 cm³/mol. The summed E-state index contributed by atoms with van der Waals surface area (Å²) < 4.78 is 11.1. The standard InChI is InChI=1S/C8H12OS/c1-3-7-5-8(4-2)10(9)6-7/h5-6H,3-4H2,1-2H3. The zero-order valence-corrected chi connectivity index (χ0v) is 7.20. The third-order valence-electron chi connectivity index (χ3n) is 1.62. The molecule has 1 unspecified atom stereocenters. The van der Waals surface area contributed by atoms with E-state index < -0.39 is 10.8 Å². The van der Waals surface area contributed by atoms with Crippen molar-refractivity contribution in [2.24, 2.45) is 0 Å². The zero-order valence-electron chi connectivity index (χ0n) is 6.39. The van der Waals surface area contributed by atoms with Gasteiger partial charge < -0.3 is 0 Å². The number of hydrogen-bond acceptors (Lipinski definition) is 1. The third kappa shape index (κ3) is 1.37. The van der Waals surface area contributed by atoms with E-state index in [0.29, 0.717) is 0 Å². The summed E-state index contributed by atoms with van der Waals surface area (Å²) >= 11 is 0. The second-order valence-electron chi connectivity index (χ2n) is 2.31. The number of hydrogen-bond donors (Lipinski definition) is 0. The molecule has 0 aliphatic carbocycles. The molecule has 0 N–H and O–H groups in total. The van der Waals surface area contributed by atoms with Gasteiger partial charge in [0, 0.05) is 10.3 Å². The second-order valence-corrected chi connectivity index (χ2v) is 3.66. The molecule has 1 aliphatic heterocycles.